The molecule has 0 spiro atoms. The zero-order valence-electron chi connectivity index (χ0n) is 12.8. The van der Waals surface area contributed by atoms with Gasteiger partial charge in [-0.3, -0.25) is 4.99 Å². The number of benzene rings is 2. The van der Waals surface area contributed by atoms with Crippen molar-refractivity contribution in [3.8, 4) is 11.5 Å². The number of ether oxygens (including phenoxy) is 2. The van der Waals surface area contributed by atoms with Gasteiger partial charge in [0.15, 0.2) is 17.5 Å². The smallest absolute Gasteiger partial charge is 0.231 e. The van der Waals surface area contributed by atoms with Crippen molar-refractivity contribution in [3.05, 3.63) is 59.4 Å². The molecule has 0 amide bonds. The van der Waals surface area contributed by atoms with Crippen molar-refractivity contribution in [2.24, 2.45) is 4.99 Å². The summed E-state index contributed by atoms with van der Waals surface area (Å²) in [4.78, 5) is 4.17. The Hall–Kier alpha value is -2.76. The van der Waals surface area contributed by atoms with Crippen LogP contribution in [0, 0.1) is 5.82 Å². The molecule has 0 saturated carbocycles. The third-order valence-electron chi connectivity index (χ3n) is 3.49. The Bertz CT molecular complexity index is 701. The van der Waals surface area contributed by atoms with Gasteiger partial charge in [0.1, 0.15) is 5.82 Å². The van der Waals surface area contributed by atoms with Gasteiger partial charge in [-0.2, -0.15) is 0 Å². The van der Waals surface area contributed by atoms with Crippen molar-refractivity contribution in [2.75, 3.05) is 13.8 Å². The van der Waals surface area contributed by atoms with Gasteiger partial charge in [-0.25, -0.2) is 4.39 Å². The number of hydrogen-bond donors (Lipinski definition) is 2. The van der Waals surface area contributed by atoms with E-state index in [2.05, 4.69) is 15.6 Å². The number of guanidine groups is 1. The second kappa shape index (κ2) is 7.00. The second-order valence-corrected chi connectivity index (χ2v) is 5.09. The molecule has 3 rings (SSSR count). The molecule has 2 aromatic rings. The van der Waals surface area contributed by atoms with E-state index in [0.717, 1.165) is 22.6 Å². The Balaban J connectivity index is 1.52. The minimum atomic E-state index is -0.237. The number of halogens is 1. The molecule has 0 unspecified atom stereocenters. The molecule has 0 aromatic heterocycles. The van der Waals surface area contributed by atoms with Crippen molar-refractivity contribution in [3.63, 3.8) is 0 Å². The normalized spacial score (nSPS) is 13.0. The number of nitrogens with zero attached hydrogens (tertiary/aromatic N) is 1. The largest absolute Gasteiger partial charge is 0.454 e. The van der Waals surface area contributed by atoms with E-state index in [9.17, 15) is 4.39 Å². The van der Waals surface area contributed by atoms with Crippen molar-refractivity contribution in [2.45, 2.75) is 13.1 Å². The lowest BCUT2D eigenvalue weighted by atomic mass is 10.2. The van der Waals surface area contributed by atoms with Crippen LogP contribution in [0.3, 0.4) is 0 Å². The van der Waals surface area contributed by atoms with Crippen molar-refractivity contribution < 1.29 is 13.9 Å². The highest BCUT2D eigenvalue weighted by molar-refractivity contribution is 5.79. The fourth-order valence-electron chi connectivity index (χ4n) is 2.25. The van der Waals surface area contributed by atoms with Crippen LogP contribution < -0.4 is 20.1 Å². The lowest BCUT2D eigenvalue weighted by Gasteiger charge is -2.12. The van der Waals surface area contributed by atoms with E-state index in [1.165, 1.54) is 12.1 Å². The van der Waals surface area contributed by atoms with Crippen LogP contribution in [0.25, 0.3) is 0 Å². The first-order chi connectivity index (χ1) is 11.2. The molecule has 0 aliphatic carbocycles. The summed E-state index contributed by atoms with van der Waals surface area (Å²) in [5.74, 6) is 1.97. The Labute approximate surface area is 134 Å². The summed E-state index contributed by atoms with van der Waals surface area (Å²) < 4.78 is 23.5. The average Bonchev–Trinajstić information content (AvgIpc) is 3.04. The topological polar surface area (TPSA) is 54.9 Å². The Kier molecular flexibility index (Phi) is 4.61. The first kappa shape index (κ1) is 15.1. The molecule has 2 aromatic carbocycles. The van der Waals surface area contributed by atoms with E-state index in [1.807, 2.05) is 18.2 Å². The van der Waals surface area contributed by atoms with Gasteiger partial charge >= 0.3 is 0 Å². The first-order valence-electron chi connectivity index (χ1n) is 7.32. The molecular weight excluding hydrogens is 297 g/mol. The molecule has 23 heavy (non-hydrogen) atoms. The molecule has 1 aliphatic rings. The van der Waals surface area contributed by atoms with Gasteiger partial charge in [-0.05, 0) is 35.4 Å². The van der Waals surface area contributed by atoms with Crippen molar-refractivity contribution >= 4 is 5.96 Å². The van der Waals surface area contributed by atoms with E-state index in [-0.39, 0.29) is 12.6 Å². The van der Waals surface area contributed by atoms with Gasteiger partial charge in [0, 0.05) is 20.1 Å². The molecule has 1 heterocycles. The quantitative estimate of drug-likeness (QED) is 0.672. The van der Waals surface area contributed by atoms with Crippen LogP contribution in [0.5, 0.6) is 11.5 Å². The molecule has 0 fully saturated rings. The Morgan fingerprint density at radius 1 is 1.00 bits per heavy atom. The molecule has 6 heteroatoms. The summed E-state index contributed by atoms with van der Waals surface area (Å²) in [6, 6.07) is 12.2. The molecular formula is C17H18FN3O2. The molecule has 0 saturated heterocycles. The SMILES string of the molecule is CN=C(NCc1ccc(F)cc1)NCc1ccc2c(c1)OCO2. The summed E-state index contributed by atoms with van der Waals surface area (Å²) in [7, 11) is 1.71. The number of hydrogen-bond acceptors (Lipinski definition) is 3. The predicted molar refractivity (Wildman–Crippen MR) is 86.0 cm³/mol. The minimum Gasteiger partial charge on any atom is -0.454 e. The molecule has 0 radical (unpaired) electrons. The van der Waals surface area contributed by atoms with Crippen molar-refractivity contribution in [1.29, 1.82) is 0 Å². The summed E-state index contributed by atoms with van der Waals surface area (Å²) in [6.07, 6.45) is 0. The number of aliphatic imine (C=N–C) groups is 1. The monoisotopic (exact) mass is 315 g/mol. The van der Waals surface area contributed by atoms with Gasteiger partial charge in [-0.15, -0.1) is 0 Å². The lowest BCUT2D eigenvalue weighted by Crippen LogP contribution is -2.36. The maximum atomic E-state index is 12.9. The van der Waals surface area contributed by atoms with Gasteiger partial charge in [0.2, 0.25) is 6.79 Å². The molecule has 5 nitrogen and oxygen atoms in total. The zero-order chi connectivity index (χ0) is 16.1. The Morgan fingerprint density at radius 3 is 2.39 bits per heavy atom. The molecule has 0 atom stereocenters. The fourth-order valence-corrected chi connectivity index (χ4v) is 2.25. The highest BCUT2D eigenvalue weighted by atomic mass is 19.1. The second-order valence-electron chi connectivity index (χ2n) is 5.09. The molecule has 0 bridgehead atoms. The number of rotatable bonds is 4. The van der Waals surface area contributed by atoms with Crippen LogP contribution in [0.2, 0.25) is 0 Å². The maximum Gasteiger partial charge on any atom is 0.231 e. The van der Waals surface area contributed by atoms with Crippen LogP contribution in [0.15, 0.2) is 47.5 Å². The number of fused-ring (bicyclic) bond motifs is 1. The van der Waals surface area contributed by atoms with E-state index < -0.39 is 0 Å². The zero-order valence-corrected chi connectivity index (χ0v) is 12.8. The van der Waals surface area contributed by atoms with Crippen LogP contribution in [-0.4, -0.2) is 19.8 Å². The van der Waals surface area contributed by atoms with E-state index in [1.54, 1.807) is 19.2 Å². The maximum absolute atomic E-state index is 12.9. The van der Waals surface area contributed by atoms with Crippen LogP contribution >= 0.6 is 0 Å². The fraction of sp³-hybridized carbons (Fsp3) is 0.235. The molecule has 2 N–H and O–H groups in total. The lowest BCUT2D eigenvalue weighted by molar-refractivity contribution is 0.174. The predicted octanol–water partition coefficient (Wildman–Crippen LogP) is 2.42. The number of nitrogens with one attached hydrogen (secondary N) is 2. The Morgan fingerprint density at radius 2 is 1.65 bits per heavy atom. The molecule has 120 valence electrons. The van der Waals surface area contributed by atoms with Gasteiger partial charge in [-0.1, -0.05) is 18.2 Å². The summed E-state index contributed by atoms with van der Waals surface area (Å²) in [5.41, 5.74) is 2.05. The van der Waals surface area contributed by atoms with Crippen molar-refractivity contribution in [1.82, 2.24) is 10.6 Å². The van der Waals surface area contributed by atoms with Crippen LogP contribution in [0.1, 0.15) is 11.1 Å². The average molecular weight is 315 g/mol. The third-order valence-corrected chi connectivity index (χ3v) is 3.49. The standard InChI is InChI=1S/C17H18FN3O2/c1-19-17(20-9-12-2-5-14(18)6-3-12)21-10-13-4-7-15-16(8-13)23-11-22-15/h2-8H,9-11H2,1H3,(H2,19,20,21). The van der Waals surface area contributed by atoms with Gasteiger partial charge in [0.25, 0.3) is 0 Å². The van der Waals surface area contributed by atoms with Crippen LogP contribution in [0.4, 0.5) is 4.39 Å². The summed E-state index contributed by atoms with van der Waals surface area (Å²) in [6.45, 7) is 1.45. The summed E-state index contributed by atoms with van der Waals surface area (Å²) >= 11 is 0. The van der Waals surface area contributed by atoms with E-state index in [4.69, 9.17) is 9.47 Å². The summed E-state index contributed by atoms with van der Waals surface area (Å²) in [5, 5.41) is 6.42. The van der Waals surface area contributed by atoms with E-state index in [0.29, 0.717) is 19.0 Å². The first-order valence-corrected chi connectivity index (χ1v) is 7.32. The molecule has 1 aliphatic heterocycles. The van der Waals surface area contributed by atoms with Crippen LogP contribution in [-0.2, 0) is 13.1 Å². The third kappa shape index (κ3) is 3.91. The van der Waals surface area contributed by atoms with Gasteiger partial charge in [0.05, 0.1) is 0 Å². The van der Waals surface area contributed by atoms with Gasteiger partial charge < -0.3 is 20.1 Å². The van der Waals surface area contributed by atoms with E-state index >= 15 is 0 Å². The highest BCUT2D eigenvalue weighted by Crippen LogP contribution is 2.32. The minimum absolute atomic E-state index is 0.237. The highest BCUT2D eigenvalue weighted by Gasteiger charge is 2.13.